The fourth-order valence-electron chi connectivity index (χ4n) is 1.67. The van der Waals surface area contributed by atoms with Crippen LogP contribution in [-0.4, -0.2) is 38.6 Å². The van der Waals surface area contributed by atoms with Crippen molar-refractivity contribution in [2.45, 2.75) is 37.6 Å². The molecular weight excluding hydrogens is 156 g/mol. The molecule has 3 unspecified atom stereocenters. The van der Waals surface area contributed by atoms with Crippen LogP contribution >= 0.6 is 0 Å². The second-order valence-electron chi connectivity index (χ2n) is 3.58. The maximum absolute atomic E-state index is 5.65. The molecule has 2 aliphatic rings. The first-order valence-electron chi connectivity index (χ1n) is 4.64. The van der Waals surface area contributed by atoms with E-state index in [1.165, 1.54) is 0 Å². The van der Waals surface area contributed by atoms with E-state index >= 15 is 0 Å². The summed E-state index contributed by atoms with van der Waals surface area (Å²) >= 11 is 0. The predicted molar refractivity (Wildman–Crippen MR) is 44.1 cm³/mol. The predicted octanol–water partition coefficient (Wildman–Crippen LogP) is 0.969. The molecule has 1 saturated carbocycles. The van der Waals surface area contributed by atoms with Crippen LogP contribution in [0.1, 0.15) is 19.3 Å². The maximum atomic E-state index is 5.65. The third-order valence-corrected chi connectivity index (χ3v) is 2.59. The molecule has 2 fully saturated rings. The van der Waals surface area contributed by atoms with Gasteiger partial charge in [0.05, 0.1) is 25.4 Å². The lowest BCUT2D eigenvalue weighted by Gasteiger charge is -2.10. The standard InChI is InChI=1S/C9H16O3/c1-10-7-2-3-8(4-7)11-5-9-6-12-9/h7-9H,2-6H2,1H3. The summed E-state index contributed by atoms with van der Waals surface area (Å²) in [6.07, 6.45) is 4.59. The van der Waals surface area contributed by atoms with Crippen molar-refractivity contribution in [1.29, 1.82) is 0 Å². The number of ether oxygens (including phenoxy) is 3. The summed E-state index contributed by atoms with van der Waals surface area (Å²) in [6.45, 7) is 1.67. The Bertz CT molecular complexity index is 145. The summed E-state index contributed by atoms with van der Waals surface area (Å²) in [5.74, 6) is 0. The molecule has 1 heterocycles. The largest absolute Gasteiger partial charge is 0.381 e. The van der Waals surface area contributed by atoms with Gasteiger partial charge in [0.15, 0.2) is 0 Å². The van der Waals surface area contributed by atoms with E-state index in [1.807, 2.05) is 0 Å². The Hall–Kier alpha value is -0.120. The van der Waals surface area contributed by atoms with Crippen molar-refractivity contribution in [2.75, 3.05) is 20.3 Å². The topological polar surface area (TPSA) is 31.0 Å². The zero-order chi connectivity index (χ0) is 8.39. The van der Waals surface area contributed by atoms with Crippen LogP contribution in [0, 0.1) is 0 Å². The first-order valence-corrected chi connectivity index (χ1v) is 4.64. The molecule has 1 aliphatic heterocycles. The highest BCUT2D eigenvalue weighted by atomic mass is 16.6. The first kappa shape index (κ1) is 8.48. The summed E-state index contributed by atoms with van der Waals surface area (Å²) in [5, 5.41) is 0. The molecule has 3 atom stereocenters. The van der Waals surface area contributed by atoms with Gasteiger partial charge in [0.1, 0.15) is 6.10 Å². The molecule has 0 aromatic carbocycles. The number of hydrogen-bond donors (Lipinski definition) is 0. The van der Waals surface area contributed by atoms with Gasteiger partial charge >= 0.3 is 0 Å². The third kappa shape index (κ3) is 2.19. The molecule has 12 heavy (non-hydrogen) atoms. The summed E-state index contributed by atoms with van der Waals surface area (Å²) in [6, 6.07) is 0. The monoisotopic (exact) mass is 172 g/mol. The highest BCUT2D eigenvalue weighted by molar-refractivity contribution is 4.77. The van der Waals surface area contributed by atoms with Crippen molar-refractivity contribution in [1.82, 2.24) is 0 Å². The lowest BCUT2D eigenvalue weighted by molar-refractivity contribution is 0.0306. The van der Waals surface area contributed by atoms with E-state index in [9.17, 15) is 0 Å². The minimum atomic E-state index is 0.395. The van der Waals surface area contributed by atoms with Crippen LogP contribution < -0.4 is 0 Å². The molecule has 0 radical (unpaired) electrons. The van der Waals surface area contributed by atoms with Gasteiger partial charge in [-0.15, -0.1) is 0 Å². The molecule has 3 heteroatoms. The van der Waals surface area contributed by atoms with Crippen LogP contribution in [0.2, 0.25) is 0 Å². The van der Waals surface area contributed by atoms with Crippen molar-refractivity contribution < 1.29 is 14.2 Å². The maximum Gasteiger partial charge on any atom is 0.104 e. The van der Waals surface area contributed by atoms with Crippen LogP contribution in [0.5, 0.6) is 0 Å². The molecule has 2 rings (SSSR count). The quantitative estimate of drug-likeness (QED) is 0.592. The van der Waals surface area contributed by atoms with Gasteiger partial charge in [-0.3, -0.25) is 0 Å². The van der Waals surface area contributed by atoms with Gasteiger partial charge in [-0.25, -0.2) is 0 Å². The molecule has 1 saturated heterocycles. The van der Waals surface area contributed by atoms with Crippen molar-refractivity contribution in [3.63, 3.8) is 0 Å². The van der Waals surface area contributed by atoms with Gasteiger partial charge in [-0.05, 0) is 19.3 Å². The smallest absolute Gasteiger partial charge is 0.104 e. The van der Waals surface area contributed by atoms with Crippen LogP contribution in [0.3, 0.4) is 0 Å². The number of methoxy groups -OCH3 is 1. The Labute approximate surface area is 73.0 Å². The average Bonchev–Trinajstić information content (AvgIpc) is 2.81. The minimum Gasteiger partial charge on any atom is -0.381 e. The molecule has 1 aliphatic carbocycles. The lowest BCUT2D eigenvalue weighted by Crippen LogP contribution is -2.14. The Kier molecular flexibility index (Phi) is 2.63. The van der Waals surface area contributed by atoms with Gasteiger partial charge in [-0.1, -0.05) is 0 Å². The third-order valence-electron chi connectivity index (χ3n) is 2.59. The molecular formula is C9H16O3. The summed E-state index contributed by atoms with van der Waals surface area (Å²) in [4.78, 5) is 0. The molecule has 0 aromatic rings. The molecule has 0 spiro atoms. The Balaban J connectivity index is 1.61. The molecule has 0 bridgehead atoms. The number of hydrogen-bond acceptors (Lipinski definition) is 3. The van der Waals surface area contributed by atoms with E-state index in [0.717, 1.165) is 32.5 Å². The highest BCUT2D eigenvalue weighted by Crippen LogP contribution is 2.25. The first-order chi connectivity index (χ1) is 5.88. The van der Waals surface area contributed by atoms with Crippen LogP contribution in [0.4, 0.5) is 0 Å². The molecule has 0 amide bonds. The molecule has 3 nitrogen and oxygen atoms in total. The summed E-state index contributed by atoms with van der Waals surface area (Å²) in [7, 11) is 1.77. The number of rotatable bonds is 4. The molecule has 70 valence electrons. The van der Waals surface area contributed by atoms with E-state index in [1.54, 1.807) is 7.11 Å². The van der Waals surface area contributed by atoms with Gasteiger partial charge in [0, 0.05) is 7.11 Å². The second-order valence-corrected chi connectivity index (χ2v) is 3.58. The van der Waals surface area contributed by atoms with Gasteiger partial charge < -0.3 is 14.2 Å². The Morgan fingerprint density at radius 3 is 2.67 bits per heavy atom. The summed E-state index contributed by atoms with van der Waals surface area (Å²) < 4.78 is 16.0. The lowest BCUT2D eigenvalue weighted by atomic mass is 10.3. The molecule has 0 N–H and O–H groups in total. The summed E-state index contributed by atoms with van der Waals surface area (Å²) in [5.41, 5.74) is 0. The minimum absolute atomic E-state index is 0.395. The van der Waals surface area contributed by atoms with E-state index < -0.39 is 0 Å². The Morgan fingerprint density at radius 1 is 1.33 bits per heavy atom. The normalized spacial score (nSPS) is 40.2. The van der Waals surface area contributed by atoms with E-state index in [0.29, 0.717) is 18.3 Å². The van der Waals surface area contributed by atoms with Crippen molar-refractivity contribution in [2.24, 2.45) is 0 Å². The van der Waals surface area contributed by atoms with E-state index in [4.69, 9.17) is 14.2 Å². The SMILES string of the molecule is COC1CCC(OCC2CO2)C1. The second kappa shape index (κ2) is 3.73. The Morgan fingerprint density at radius 2 is 2.08 bits per heavy atom. The average molecular weight is 172 g/mol. The number of epoxide rings is 1. The van der Waals surface area contributed by atoms with Gasteiger partial charge in [0.25, 0.3) is 0 Å². The van der Waals surface area contributed by atoms with Crippen molar-refractivity contribution in [3.05, 3.63) is 0 Å². The molecule has 0 aromatic heterocycles. The van der Waals surface area contributed by atoms with Crippen molar-refractivity contribution in [3.8, 4) is 0 Å². The fraction of sp³-hybridized carbons (Fsp3) is 1.00. The van der Waals surface area contributed by atoms with E-state index in [2.05, 4.69) is 0 Å². The van der Waals surface area contributed by atoms with Crippen LogP contribution in [0.25, 0.3) is 0 Å². The van der Waals surface area contributed by atoms with Crippen LogP contribution in [0.15, 0.2) is 0 Å². The highest BCUT2D eigenvalue weighted by Gasteiger charge is 2.28. The van der Waals surface area contributed by atoms with Gasteiger partial charge in [0.2, 0.25) is 0 Å². The van der Waals surface area contributed by atoms with Gasteiger partial charge in [-0.2, -0.15) is 0 Å². The zero-order valence-corrected chi connectivity index (χ0v) is 7.49. The zero-order valence-electron chi connectivity index (χ0n) is 7.49. The van der Waals surface area contributed by atoms with E-state index in [-0.39, 0.29) is 0 Å². The van der Waals surface area contributed by atoms with Crippen molar-refractivity contribution >= 4 is 0 Å². The van der Waals surface area contributed by atoms with Crippen LogP contribution in [-0.2, 0) is 14.2 Å². The fourth-order valence-corrected chi connectivity index (χ4v) is 1.67.